The summed E-state index contributed by atoms with van der Waals surface area (Å²) in [5.74, 6) is 0.854. The van der Waals surface area contributed by atoms with E-state index >= 15 is 0 Å². The number of aromatic nitrogens is 2. The van der Waals surface area contributed by atoms with E-state index in [2.05, 4.69) is 28.9 Å². The van der Waals surface area contributed by atoms with Crippen LogP contribution < -0.4 is 5.56 Å². The lowest BCUT2D eigenvalue weighted by atomic mass is 9.97. The summed E-state index contributed by atoms with van der Waals surface area (Å²) >= 11 is 0. The van der Waals surface area contributed by atoms with Crippen molar-refractivity contribution in [2.45, 2.75) is 38.1 Å². The van der Waals surface area contributed by atoms with Crippen molar-refractivity contribution in [2.24, 2.45) is 0 Å². The highest BCUT2D eigenvalue weighted by Crippen LogP contribution is 2.22. The highest BCUT2D eigenvalue weighted by atomic mass is 16.1. The van der Waals surface area contributed by atoms with E-state index in [4.69, 9.17) is 4.98 Å². The normalized spacial score (nSPS) is 25.2. The molecule has 1 saturated heterocycles. The number of hydrogen-bond acceptors (Lipinski definition) is 4. The number of nitrogens with one attached hydrogen (secondary N) is 1. The van der Waals surface area contributed by atoms with Gasteiger partial charge in [0, 0.05) is 12.1 Å². The molecule has 3 rings (SSSR count). The molecule has 110 valence electrons. The molecule has 0 bridgehead atoms. The second-order valence-corrected chi connectivity index (χ2v) is 6.20. The molecule has 1 aromatic rings. The Morgan fingerprint density at radius 1 is 1.15 bits per heavy atom. The maximum Gasteiger partial charge on any atom is 0.254 e. The minimum absolute atomic E-state index is 0.0880. The van der Waals surface area contributed by atoms with Gasteiger partial charge in [-0.2, -0.15) is 0 Å². The van der Waals surface area contributed by atoms with Gasteiger partial charge in [-0.25, -0.2) is 4.98 Å². The Morgan fingerprint density at radius 3 is 2.80 bits per heavy atom. The summed E-state index contributed by atoms with van der Waals surface area (Å²) in [6.07, 6.45) is 5.28. The first kappa shape index (κ1) is 13.8. The van der Waals surface area contributed by atoms with Crippen molar-refractivity contribution in [3.8, 4) is 0 Å². The van der Waals surface area contributed by atoms with Gasteiger partial charge in [0.1, 0.15) is 5.82 Å². The zero-order valence-electron chi connectivity index (χ0n) is 12.5. The van der Waals surface area contributed by atoms with Gasteiger partial charge in [-0.15, -0.1) is 0 Å². The summed E-state index contributed by atoms with van der Waals surface area (Å²) in [6, 6.07) is 0.197. The van der Waals surface area contributed by atoms with E-state index in [0.717, 1.165) is 62.4 Å². The van der Waals surface area contributed by atoms with Crippen LogP contribution in [0, 0.1) is 0 Å². The number of fused-ring (bicyclic) bond motifs is 1. The molecular formula is C15H24N4O. The molecule has 0 radical (unpaired) electrons. The third-order valence-corrected chi connectivity index (χ3v) is 4.59. The van der Waals surface area contributed by atoms with Gasteiger partial charge in [-0.1, -0.05) is 0 Å². The van der Waals surface area contributed by atoms with Crippen LogP contribution in [0.3, 0.4) is 0 Å². The van der Waals surface area contributed by atoms with Crippen LogP contribution in [0.5, 0.6) is 0 Å². The highest BCUT2D eigenvalue weighted by Gasteiger charge is 2.26. The SMILES string of the molecule is CN1CCCN(C)C(c2nc3c(c(=O)[nH]2)CCCC3)C1. The predicted molar refractivity (Wildman–Crippen MR) is 79.0 cm³/mol. The fourth-order valence-corrected chi connectivity index (χ4v) is 3.35. The first-order chi connectivity index (χ1) is 9.65. The number of aromatic amines is 1. The van der Waals surface area contributed by atoms with E-state index < -0.39 is 0 Å². The van der Waals surface area contributed by atoms with Gasteiger partial charge >= 0.3 is 0 Å². The summed E-state index contributed by atoms with van der Waals surface area (Å²) in [5, 5.41) is 0. The topological polar surface area (TPSA) is 52.2 Å². The highest BCUT2D eigenvalue weighted by molar-refractivity contribution is 5.21. The van der Waals surface area contributed by atoms with E-state index in [9.17, 15) is 4.79 Å². The van der Waals surface area contributed by atoms with E-state index in [1.54, 1.807) is 0 Å². The van der Waals surface area contributed by atoms with Crippen LogP contribution in [0.1, 0.15) is 42.4 Å². The summed E-state index contributed by atoms with van der Waals surface area (Å²) < 4.78 is 0. The van der Waals surface area contributed by atoms with E-state index in [-0.39, 0.29) is 11.6 Å². The van der Waals surface area contributed by atoms with Gasteiger partial charge in [0.05, 0.1) is 11.7 Å². The molecule has 0 aromatic carbocycles. The zero-order valence-corrected chi connectivity index (χ0v) is 12.5. The average Bonchev–Trinajstić information content (AvgIpc) is 2.60. The van der Waals surface area contributed by atoms with Crippen molar-refractivity contribution in [3.05, 3.63) is 27.4 Å². The molecule has 1 aromatic heterocycles. The Morgan fingerprint density at radius 2 is 1.95 bits per heavy atom. The molecule has 1 aliphatic heterocycles. The monoisotopic (exact) mass is 276 g/mol. The molecule has 2 aliphatic rings. The number of nitrogens with zero attached hydrogens (tertiary/aromatic N) is 3. The largest absolute Gasteiger partial charge is 0.309 e. The standard InChI is InChI=1S/C15H24N4O/c1-18-8-5-9-19(2)13(10-18)14-16-12-7-4-3-6-11(12)15(20)17-14/h13H,3-10H2,1-2H3,(H,16,17,20). The summed E-state index contributed by atoms with van der Waals surface area (Å²) in [4.78, 5) is 24.8. The van der Waals surface area contributed by atoms with Gasteiger partial charge in [-0.3, -0.25) is 9.69 Å². The lowest BCUT2D eigenvalue weighted by molar-refractivity contribution is 0.218. The quantitative estimate of drug-likeness (QED) is 0.830. The van der Waals surface area contributed by atoms with Crippen LogP contribution in [0.2, 0.25) is 0 Å². The molecule has 5 heteroatoms. The van der Waals surface area contributed by atoms with Crippen LogP contribution in [-0.2, 0) is 12.8 Å². The Balaban J connectivity index is 1.96. The van der Waals surface area contributed by atoms with Gasteiger partial charge in [0.25, 0.3) is 5.56 Å². The number of likely N-dealkylation sites (N-methyl/N-ethyl adjacent to an activating group) is 2. The van der Waals surface area contributed by atoms with E-state index in [1.807, 2.05) is 0 Å². The average molecular weight is 276 g/mol. The van der Waals surface area contributed by atoms with Crippen molar-refractivity contribution in [2.75, 3.05) is 33.7 Å². The predicted octanol–water partition coefficient (Wildman–Crippen LogP) is 0.957. The first-order valence-electron chi connectivity index (χ1n) is 7.66. The lowest BCUT2D eigenvalue weighted by Gasteiger charge is -2.27. The summed E-state index contributed by atoms with van der Waals surface area (Å²) in [6.45, 7) is 3.09. The number of rotatable bonds is 1. The smallest absolute Gasteiger partial charge is 0.254 e. The van der Waals surface area contributed by atoms with Crippen molar-refractivity contribution >= 4 is 0 Å². The molecule has 1 unspecified atom stereocenters. The molecule has 5 nitrogen and oxygen atoms in total. The molecule has 1 atom stereocenters. The molecule has 0 spiro atoms. The van der Waals surface area contributed by atoms with Crippen molar-refractivity contribution in [3.63, 3.8) is 0 Å². The molecule has 0 saturated carbocycles. The minimum atomic E-state index is 0.0880. The first-order valence-corrected chi connectivity index (χ1v) is 7.66. The number of H-pyrrole nitrogens is 1. The molecule has 1 fully saturated rings. The Kier molecular flexibility index (Phi) is 3.89. The van der Waals surface area contributed by atoms with Crippen LogP contribution in [0.4, 0.5) is 0 Å². The maximum atomic E-state index is 12.3. The molecule has 20 heavy (non-hydrogen) atoms. The van der Waals surface area contributed by atoms with Crippen LogP contribution >= 0.6 is 0 Å². The Labute approximate surface area is 120 Å². The third kappa shape index (κ3) is 2.65. The third-order valence-electron chi connectivity index (χ3n) is 4.59. The van der Waals surface area contributed by atoms with E-state index in [1.165, 1.54) is 6.42 Å². The lowest BCUT2D eigenvalue weighted by Crippen LogP contribution is -2.34. The minimum Gasteiger partial charge on any atom is -0.309 e. The second-order valence-electron chi connectivity index (χ2n) is 6.20. The number of hydrogen-bond donors (Lipinski definition) is 1. The fourth-order valence-electron chi connectivity index (χ4n) is 3.35. The Hall–Kier alpha value is -1.20. The van der Waals surface area contributed by atoms with Gasteiger partial charge in [0.15, 0.2) is 0 Å². The van der Waals surface area contributed by atoms with Crippen molar-refractivity contribution in [1.29, 1.82) is 0 Å². The van der Waals surface area contributed by atoms with Crippen molar-refractivity contribution in [1.82, 2.24) is 19.8 Å². The molecule has 1 aliphatic carbocycles. The van der Waals surface area contributed by atoms with Gasteiger partial charge in [-0.05, 0) is 59.3 Å². The molecule has 0 amide bonds. The Bertz CT molecular complexity index is 539. The van der Waals surface area contributed by atoms with Gasteiger partial charge < -0.3 is 9.88 Å². The maximum absolute atomic E-state index is 12.3. The summed E-state index contributed by atoms with van der Waals surface area (Å²) in [5.41, 5.74) is 2.05. The molecule has 2 heterocycles. The molecule has 1 N–H and O–H groups in total. The zero-order chi connectivity index (χ0) is 14.1. The van der Waals surface area contributed by atoms with E-state index in [0.29, 0.717) is 0 Å². The van der Waals surface area contributed by atoms with Crippen molar-refractivity contribution < 1.29 is 0 Å². The number of aryl methyl sites for hydroxylation is 1. The second kappa shape index (κ2) is 5.66. The molecular weight excluding hydrogens is 252 g/mol. The summed E-state index contributed by atoms with van der Waals surface area (Å²) in [7, 11) is 4.27. The van der Waals surface area contributed by atoms with Crippen LogP contribution in [0.15, 0.2) is 4.79 Å². The van der Waals surface area contributed by atoms with Crippen LogP contribution in [-0.4, -0.2) is 53.5 Å². The van der Waals surface area contributed by atoms with Gasteiger partial charge in [0.2, 0.25) is 0 Å². The van der Waals surface area contributed by atoms with Crippen LogP contribution in [0.25, 0.3) is 0 Å². The fraction of sp³-hybridized carbons (Fsp3) is 0.733.